The number of hydrogen-bond acceptors (Lipinski definition) is 4. The first-order valence-electron chi connectivity index (χ1n) is 15.5. The molecule has 43 heavy (non-hydrogen) atoms. The van der Waals surface area contributed by atoms with Gasteiger partial charge in [-0.05, 0) is 86.1 Å². The standard InChI is InChI=1S/C33H42F2N6O2/c1-18-16-40(17-19(2)36-18)31(38-28-13-22-12-26(20(28)3)33(22,4)5)37-24-8-9-25-29(15-24)39-32(43)41(30(25)42)11-10-21-6-7-23(34)14-27(21)35/h6-9,14-15,18-20,22,26,28,36H,10-13,16-17H2,1-5H3,(H,37,38)(H,39,43)/t18-,19+,20-,22+,26+,28?/m1/s1. The van der Waals surface area contributed by atoms with Crippen molar-refractivity contribution in [3.05, 3.63) is 74.4 Å². The maximum absolute atomic E-state index is 14.1. The van der Waals surface area contributed by atoms with Gasteiger partial charge in [0.1, 0.15) is 11.6 Å². The maximum atomic E-state index is 14.1. The zero-order valence-corrected chi connectivity index (χ0v) is 25.6. The molecule has 0 spiro atoms. The number of piperazine rings is 1. The summed E-state index contributed by atoms with van der Waals surface area (Å²) in [6.07, 6.45) is 2.50. The van der Waals surface area contributed by atoms with Gasteiger partial charge in [0.15, 0.2) is 5.96 Å². The van der Waals surface area contributed by atoms with Gasteiger partial charge in [-0.25, -0.2) is 18.6 Å². The number of aromatic nitrogens is 2. The molecule has 1 aromatic heterocycles. The largest absolute Gasteiger partial charge is 0.353 e. The second-order valence-corrected chi connectivity index (χ2v) is 13.6. The minimum Gasteiger partial charge on any atom is -0.353 e. The van der Waals surface area contributed by atoms with E-state index in [-0.39, 0.29) is 18.5 Å². The van der Waals surface area contributed by atoms with E-state index in [0.717, 1.165) is 42.2 Å². The monoisotopic (exact) mass is 592 g/mol. The summed E-state index contributed by atoms with van der Waals surface area (Å²) in [6, 6.07) is 9.46. The molecule has 2 bridgehead atoms. The fourth-order valence-electron chi connectivity index (χ4n) is 7.79. The molecule has 7 rings (SSSR count). The van der Waals surface area contributed by atoms with Crippen molar-refractivity contribution < 1.29 is 8.78 Å². The van der Waals surface area contributed by atoms with Crippen LogP contribution in [0.5, 0.6) is 0 Å². The van der Waals surface area contributed by atoms with Crippen LogP contribution in [-0.2, 0) is 13.0 Å². The van der Waals surface area contributed by atoms with Crippen LogP contribution in [0, 0.1) is 34.8 Å². The van der Waals surface area contributed by atoms with Crippen molar-refractivity contribution in [1.82, 2.24) is 25.1 Å². The Balaban J connectivity index is 1.29. The summed E-state index contributed by atoms with van der Waals surface area (Å²) >= 11 is 0. The molecule has 1 saturated heterocycles. The van der Waals surface area contributed by atoms with Gasteiger partial charge in [0.2, 0.25) is 0 Å². The zero-order valence-electron chi connectivity index (χ0n) is 25.6. The predicted octanol–water partition coefficient (Wildman–Crippen LogP) is 4.54. The van der Waals surface area contributed by atoms with E-state index in [9.17, 15) is 18.4 Å². The molecule has 3 aromatic rings. The molecule has 6 atom stereocenters. The first-order chi connectivity index (χ1) is 20.4. The Labute approximate surface area is 250 Å². The first-order valence-corrected chi connectivity index (χ1v) is 15.5. The third-order valence-electron chi connectivity index (χ3n) is 10.3. The summed E-state index contributed by atoms with van der Waals surface area (Å²) in [4.78, 5) is 36.4. The van der Waals surface area contributed by atoms with Gasteiger partial charge in [-0.1, -0.05) is 26.8 Å². The normalized spacial score (nSPS) is 28.5. The Morgan fingerprint density at radius 2 is 1.79 bits per heavy atom. The van der Waals surface area contributed by atoms with Gasteiger partial charge in [-0.3, -0.25) is 9.36 Å². The fourth-order valence-corrected chi connectivity index (χ4v) is 7.79. The topological polar surface area (TPSA) is 94.5 Å². The van der Waals surface area contributed by atoms with E-state index in [4.69, 9.17) is 4.99 Å². The zero-order chi connectivity index (χ0) is 30.6. The highest BCUT2D eigenvalue weighted by atomic mass is 19.1. The molecule has 3 aliphatic carbocycles. The maximum Gasteiger partial charge on any atom is 0.328 e. The average Bonchev–Trinajstić information content (AvgIpc) is 2.93. The number of fused-ring (bicyclic) bond motifs is 3. The van der Waals surface area contributed by atoms with Gasteiger partial charge in [-0.15, -0.1) is 0 Å². The molecule has 1 aliphatic heterocycles. The molecule has 8 nitrogen and oxygen atoms in total. The molecule has 2 aromatic carbocycles. The van der Waals surface area contributed by atoms with Crippen molar-refractivity contribution in [1.29, 1.82) is 0 Å². The molecule has 3 saturated carbocycles. The highest BCUT2D eigenvalue weighted by Crippen LogP contribution is 2.61. The Morgan fingerprint density at radius 1 is 1.05 bits per heavy atom. The molecule has 3 N–H and O–H groups in total. The number of aryl methyl sites for hydroxylation is 1. The third-order valence-corrected chi connectivity index (χ3v) is 10.3. The Kier molecular flexibility index (Phi) is 7.69. The van der Waals surface area contributed by atoms with Crippen LogP contribution < -0.4 is 21.9 Å². The number of nitrogens with zero attached hydrogens (tertiary/aromatic N) is 3. The van der Waals surface area contributed by atoms with E-state index in [1.807, 2.05) is 0 Å². The van der Waals surface area contributed by atoms with Crippen molar-refractivity contribution in [3.8, 4) is 0 Å². The summed E-state index contributed by atoms with van der Waals surface area (Å²) < 4.78 is 28.5. The Hall–Kier alpha value is -3.53. The Bertz CT molecular complexity index is 1670. The van der Waals surface area contributed by atoms with Gasteiger partial charge < -0.3 is 20.5 Å². The summed E-state index contributed by atoms with van der Waals surface area (Å²) in [7, 11) is 0. The van der Waals surface area contributed by atoms with Crippen LogP contribution in [0.2, 0.25) is 0 Å². The van der Waals surface area contributed by atoms with Crippen molar-refractivity contribution in [2.45, 2.75) is 78.6 Å². The molecule has 230 valence electrons. The minimum atomic E-state index is -0.700. The fraction of sp³-hybridized carbons (Fsp3) is 0.545. The van der Waals surface area contributed by atoms with Crippen molar-refractivity contribution in [2.75, 3.05) is 13.1 Å². The molecule has 10 heteroatoms. The van der Waals surface area contributed by atoms with E-state index < -0.39 is 22.9 Å². The third kappa shape index (κ3) is 5.61. The summed E-state index contributed by atoms with van der Waals surface area (Å²) in [5.41, 5.74) is 0.624. The summed E-state index contributed by atoms with van der Waals surface area (Å²) in [5, 5.41) is 7.78. The number of halogens is 2. The number of H-pyrrole nitrogens is 1. The van der Waals surface area contributed by atoms with Crippen LogP contribution >= 0.6 is 0 Å². The lowest BCUT2D eigenvalue weighted by atomic mass is 9.45. The quantitative estimate of drug-likeness (QED) is 0.299. The van der Waals surface area contributed by atoms with Crippen LogP contribution in [0.1, 0.15) is 53.0 Å². The van der Waals surface area contributed by atoms with Gasteiger partial charge >= 0.3 is 5.69 Å². The van der Waals surface area contributed by atoms with Gasteiger partial charge in [-0.2, -0.15) is 0 Å². The Morgan fingerprint density at radius 3 is 2.47 bits per heavy atom. The van der Waals surface area contributed by atoms with Crippen LogP contribution in [0.25, 0.3) is 10.9 Å². The number of aliphatic imine (C=N–C) groups is 1. The number of benzene rings is 2. The smallest absolute Gasteiger partial charge is 0.328 e. The van der Waals surface area contributed by atoms with E-state index >= 15 is 0 Å². The van der Waals surface area contributed by atoms with E-state index in [1.165, 1.54) is 12.5 Å². The first kappa shape index (κ1) is 29.5. The van der Waals surface area contributed by atoms with Crippen LogP contribution in [0.3, 0.4) is 0 Å². The molecular formula is C33H42F2N6O2. The number of hydrogen-bond donors (Lipinski definition) is 3. The van der Waals surface area contributed by atoms with E-state index in [0.29, 0.717) is 57.9 Å². The number of nitrogens with one attached hydrogen (secondary N) is 3. The summed E-state index contributed by atoms with van der Waals surface area (Å²) in [6.45, 7) is 13.1. The SMILES string of the molecule is C[C@@H]1CN(C(=Nc2ccc3c(=O)n(CCc4ccc(F)cc4F)c(=O)[nH]c3c2)NC2C[C@@H]3C[C@@H]([C@H]2C)C3(C)C)C[C@H](C)N1. The van der Waals surface area contributed by atoms with Crippen molar-refractivity contribution in [3.63, 3.8) is 0 Å². The molecule has 4 aliphatic rings. The average molecular weight is 593 g/mol. The second-order valence-electron chi connectivity index (χ2n) is 13.6. The van der Waals surface area contributed by atoms with E-state index in [1.54, 1.807) is 18.2 Å². The number of aromatic amines is 1. The van der Waals surface area contributed by atoms with Gasteiger partial charge in [0, 0.05) is 43.8 Å². The van der Waals surface area contributed by atoms with Crippen LogP contribution in [0.15, 0.2) is 51.0 Å². The van der Waals surface area contributed by atoms with Crippen molar-refractivity contribution in [2.24, 2.45) is 28.2 Å². The molecule has 0 amide bonds. The minimum absolute atomic E-state index is 0.0294. The molecular weight excluding hydrogens is 550 g/mol. The highest BCUT2D eigenvalue weighted by molar-refractivity contribution is 5.86. The van der Waals surface area contributed by atoms with Crippen molar-refractivity contribution >= 4 is 22.5 Å². The predicted molar refractivity (Wildman–Crippen MR) is 166 cm³/mol. The number of rotatable bonds is 5. The van der Waals surface area contributed by atoms with Gasteiger partial charge in [0.05, 0.1) is 16.6 Å². The highest BCUT2D eigenvalue weighted by Gasteiger charge is 2.56. The number of guanidine groups is 1. The second kappa shape index (κ2) is 11.2. The lowest BCUT2D eigenvalue weighted by Crippen LogP contribution is -2.64. The van der Waals surface area contributed by atoms with Crippen LogP contribution in [-0.4, -0.2) is 51.6 Å². The van der Waals surface area contributed by atoms with Crippen LogP contribution in [0.4, 0.5) is 14.5 Å². The molecule has 2 heterocycles. The molecule has 1 unspecified atom stereocenters. The summed E-state index contributed by atoms with van der Waals surface area (Å²) in [5.74, 6) is 1.38. The molecule has 0 radical (unpaired) electrons. The van der Waals surface area contributed by atoms with Gasteiger partial charge in [0.25, 0.3) is 5.56 Å². The lowest BCUT2D eigenvalue weighted by Gasteiger charge is -2.62. The lowest BCUT2D eigenvalue weighted by molar-refractivity contribution is -0.112. The molecule has 4 fully saturated rings. The van der Waals surface area contributed by atoms with E-state index in [2.05, 4.69) is 55.1 Å².